The van der Waals surface area contributed by atoms with Crippen LogP contribution in [0.2, 0.25) is 0 Å². The highest BCUT2D eigenvalue weighted by Crippen LogP contribution is 2.02. The molecule has 1 N–H and O–H groups in total. The smallest absolute Gasteiger partial charge is 0.00114 e. The number of hydrogen-bond donors (Lipinski definition) is 1. The summed E-state index contributed by atoms with van der Waals surface area (Å²) in [6.07, 6.45) is 11.6. The first-order valence-corrected chi connectivity index (χ1v) is 4.44. The Labute approximate surface area is 75.9 Å². The molecule has 0 rings (SSSR count). The summed E-state index contributed by atoms with van der Waals surface area (Å²) in [5, 5.41) is 3.13. The molecule has 0 aliphatic carbocycles. The van der Waals surface area contributed by atoms with E-state index in [1.165, 1.54) is 5.57 Å². The highest BCUT2D eigenvalue weighted by molar-refractivity contribution is 5.23. The lowest BCUT2D eigenvalue weighted by atomic mass is 10.1. The summed E-state index contributed by atoms with van der Waals surface area (Å²) in [5.41, 5.74) is 1.37. The first kappa shape index (κ1) is 11.2. The summed E-state index contributed by atoms with van der Waals surface area (Å²) in [4.78, 5) is 0. The van der Waals surface area contributed by atoms with Gasteiger partial charge in [0.15, 0.2) is 0 Å². The molecule has 68 valence electrons. The van der Waals surface area contributed by atoms with Crippen LogP contribution >= 0.6 is 0 Å². The van der Waals surface area contributed by atoms with E-state index in [1.54, 1.807) is 0 Å². The number of hydrogen-bond acceptors (Lipinski definition) is 1. The molecule has 1 nitrogen and oxygen atoms in total. The van der Waals surface area contributed by atoms with Gasteiger partial charge in [-0.05, 0) is 39.4 Å². The third-order valence-corrected chi connectivity index (χ3v) is 1.55. The molecule has 0 fully saturated rings. The van der Waals surface area contributed by atoms with Crippen molar-refractivity contribution in [1.82, 2.24) is 5.32 Å². The third kappa shape index (κ3) is 5.93. The molecule has 0 unspecified atom stereocenters. The molecule has 0 aromatic rings. The lowest BCUT2D eigenvalue weighted by Gasteiger charge is -1.99. The Bertz CT molecular complexity index is 175. The molecule has 12 heavy (non-hydrogen) atoms. The molecule has 0 aromatic carbocycles. The second-order valence-electron chi connectivity index (χ2n) is 2.62. The predicted molar refractivity (Wildman–Crippen MR) is 56.3 cm³/mol. The van der Waals surface area contributed by atoms with Crippen molar-refractivity contribution in [3.05, 3.63) is 36.0 Å². The van der Waals surface area contributed by atoms with E-state index < -0.39 is 0 Å². The molecule has 0 aromatic heterocycles. The van der Waals surface area contributed by atoms with Crippen molar-refractivity contribution in [2.45, 2.75) is 20.3 Å². The van der Waals surface area contributed by atoms with Gasteiger partial charge in [-0.1, -0.05) is 30.4 Å². The van der Waals surface area contributed by atoms with Crippen LogP contribution in [0.4, 0.5) is 0 Å². The topological polar surface area (TPSA) is 12.0 Å². The third-order valence-electron chi connectivity index (χ3n) is 1.55. The minimum Gasteiger partial charge on any atom is -0.319 e. The molecule has 0 spiro atoms. The Morgan fingerprint density at radius 1 is 1.25 bits per heavy atom. The maximum Gasteiger partial charge on any atom is -0.00114 e. The summed E-state index contributed by atoms with van der Waals surface area (Å²) in [6.45, 7) is 5.11. The zero-order valence-corrected chi connectivity index (χ0v) is 8.30. The van der Waals surface area contributed by atoms with E-state index in [4.69, 9.17) is 0 Å². The molecule has 0 aliphatic rings. The minimum atomic E-state index is 1.04. The van der Waals surface area contributed by atoms with Gasteiger partial charge < -0.3 is 5.32 Å². The van der Waals surface area contributed by atoms with E-state index >= 15 is 0 Å². The molecular formula is C11H19N. The van der Waals surface area contributed by atoms with E-state index in [2.05, 4.69) is 29.6 Å². The Balaban J connectivity index is 4.02. The van der Waals surface area contributed by atoms with Gasteiger partial charge in [-0.25, -0.2) is 0 Å². The summed E-state index contributed by atoms with van der Waals surface area (Å²) in [7, 11) is 1.98. The Kier molecular flexibility index (Phi) is 7.71. The van der Waals surface area contributed by atoms with Gasteiger partial charge in [-0.15, -0.1) is 0 Å². The summed E-state index contributed by atoms with van der Waals surface area (Å²) in [6, 6.07) is 0. The van der Waals surface area contributed by atoms with Gasteiger partial charge >= 0.3 is 0 Å². The maximum atomic E-state index is 3.13. The first-order chi connectivity index (χ1) is 5.85. The zero-order valence-electron chi connectivity index (χ0n) is 8.30. The van der Waals surface area contributed by atoms with Crippen LogP contribution in [0.25, 0.3) is 0 Å². The summed E-state index contributed by atoms with van der Waals surface area (Å²) >= 11 is 0. The molecule has 0 radical (unpaired) electrons. The predicted octanol–water partition coefficient (Wildman–Crippen LogP) is 2.67. The second-order valence-corrected chi connectivity index (χ2v) is 2.62. The van der Waals surface area contributed by atoms with Gasteiger partial charge in [0.25, 0.3) is 0 Å². The maximum absolute atomic E-state index is 3.13. The molecule has 0 heterocycles. The van der Waals surface area contributed by atoms with Gasteiger partial charge in [-0.2, -0.15) is 0 Å². The Morgan fingerprint density at radius 2 is 2.00 bits per heavy atom. The van der Waals surface area contributed by atoms with Gasteiger partial charge in [0.05, 0.1) is 0 Å². The molecule has 0 saturated heterocycles. The van der Waals surface area contributed by atoms with Crippen molar-refractivity contribution < 1.29 is 0 Å². The number of nitrogens with one attached hydrogen (secondary N) is 1. The fourth-order valence-electron chi connectivity index (χ4n) is 0.925. The zero-order chi connectivity index (χ0) is 9.23. The van der Waals surface area contributed by atoms with Crippen molar-refractivity contribution in [1.29, 1.82) is 0 Å². The van der Waals surface area contributed by atoms with Crippen LogP contribution in [-0.4, -0.2) is 13.6 Å². The van der Waals surface area contributed by atoms with Gasteiger partial charge in [0.1, 0.15) is 0 Å². The monoisotopic (exact) mass is 165 g/mol. The van der Waals surface area contributed by atoms with E-state index in [0.717, 1.165) is 13.0 Å². The van der Waals surface area contributed by atoms with Gasteiger partial charge in [0.2, 0.25) is 0 Å². The largest absolute Gasteiger partial charge is 0.319 e. The van der Waals surface area contributed by atoms with Crippen molar-refractivity contribution in [3.63, 3.8) is 0 Å². The van der Waals surface area contributed by atoms with Crippen LogP contribution in [-0.2, 0) is 0 Å². The average molecular weight is 165 g/mol. The lowest BCUT2D eigenvalue weighted by Crippen LogP contribution is -2.07. The van der Waals surface area contributed by atoms with Crippen molar-refractivity contribution >= 4 is 0 Å². The number of allylic oxidation sites excluding steroid dienone is 5. The normalized spacial score (nSPS) is 13.4. The van der Waals surface area contributed by atoms with Crippen molar-refractivity contribution in [2.75, 3.05) is 13.6 Å². The van der Waals surface area contributed by atoms with Gasteiger partial charge in [-0.3, -0.25) is 0 Å². The fourth-order valence-corrected chi connectivity index (χ4v) is 0.925. The summed E-state index contributed by atoms with van der Waals surface area (Å²) in [5.74, 6) is 0. The Hall–Kier alpha value is -0.820. The van der Waals surface area contributed by atoms with Crippen molar-refractivity contribution in [3.8, 4) is 0 Å². The van der Waals surface area contributed by atoms with E-state index in [1.807, 2.05) is 27.0 Å². The average Bonchev–Trinajstić information content (AvgIpc) is 2.10. The first-order valence-electron chi connectivity index (χ1n) is 4.44. The molecule has 0 bridgehead atoms. The van der Waals surface area contributed by atoms with E-state index in [0.29, 0.717) is 0 Å². The van der Waals surface area contributed by atoms with Crippen LogP contribution in [0.1, 0.15) is 20.3 Å². The van der Waals surface area contributed by atoms with Crippen LogP contribution in [0, 0.1) is 0 Å². The van der Waals surface area contributed by atoms with Gasteiger partial charge in [0, 0.05) is 0 Å². The standard InChI is InChI=1S/C11H19N/c1-4-6-8-11(7-5-2)9-10-12-3/h4-8,12H,9-10H2,1-3H3/b6-4-,7-5-,11-8+. The SMILES string of the molecule is C\C=C/C=C(\C=C/C)CCNC. The fraction of sp³-hybridized carbons (Fsp3) is 0.455. The highest BCUT2D eigenvalue weighted by atomic mass is 14.8. The molecule has 0 atom stereocenters. The lowest BCUT2D eigenvalue weighted by molar-refractivity contribution is 0.794. The summed E-state index contributed by atoms with van der Waals surface area (Å²) < 4.78 is 0. The van der Waals surface area contributed by atoms with Crippen LogP contribution < -0.4 is 5.32 Å². The van der Waals surface area contributed by atoms with Crippen LogP contribution in [0.15, 0.2) is 36.0 Å². The molecule has 0 aliphatic heterocycles. The number of rotatable bonds is 5. The molecular weight excluding hydrogens is 146 g/mol. The molecule has 0 saturated carbocycles. The van der Waals surface area contributed by atoms with E-state index in [9.17, 15) is 0 Å². The van der Waals surface area contributed by atoms with Crippen molar-refractivity contribution in [2.24, 2.45) is 0 Å². The quantitative estimate of drug-likeness (QED) is 0.618. The minimum absolute atomic E-state index is 1.04. The highest BCUT2D eigenvalue weighted by Gasteiger charge is 1.88. The molecule has 1 heteroatoms. The second kappa shape index (κ2) is 8.28. The molecule has 0 amide bonds. The van der Waals surface area contributed by atoms with Crippen LogP contribution in [0.5, 0.6) is 0 Å². The van der Waals surface area contributed by atoms with Crippen LogP contribution in [0.3, 0.4) is 0 Å². The van der Waals surface area contributed by atoms with E-state index in [-0.39, 0.29) is 0 Å². The Morgan fingerprint density at radius 3 is 2.50 bits per heavy atom.